The van der Waals surface area contributed by atoms with Gasteiger partial charge in [-0.1, -0.05) is 29.8 Å². The number of hydrogen-bond donors (Lipinski definition) is 1. The van der Waals surface area contributed by atoms with Crippen LogP contribution >= 0.6 is 11.6 Å². The van der Waals surface area contributed by atoms with Crippen molar-refractivity contribution in [2.45, 2.75) is 25.2 Å². The fourth-order valence-corrected chi connectivity index (χ4v) is 4.57. The molecule has 8 heteroatoms. The molecular weight excluding hydrogens is 390 g/mol. The van der Waals surface area contributed by atoms with E-state index in [1.54, 1.807) is 6.07 Å². The molecule has 1 aromatic carbocycles. The first-order chi connectivity index (χ1) is 14.1. The molecule has 1 atom stereocenters. The van der Waals surface area contributed by atoms with Crippen LogP contribution in [0.5, 0.6) is 0 Å². The molecule has 3 heterocycles. The minimum Gasteiger partial charge on any atom is -0.420 e. The normalized spacial score (nSPS) is 20.0. The second-order valence-corrected chi connectivity index (χ2v) is 8.22. The van der Waals surface area contributed by atoms with Crippen molar-refractivity contribution in [3.8, 4) is 11.5 Å². The molecule has 2 N–H and O–H groups in total. The summed E-state index contributed by atoms with van der Waals surface area (Å²) in [5.41, 5.74) is 6.77. The Morgan fingerprint density at radius 2 is 1.97 bits per heavy atom. The lowest BCUT2D eigenvalue weighted by Gasteiger charge is -2.34. The number of rotatable bonds is 4. The van der Waals surface area contributed by atoms with E-state index in [1.807, 2.05) is 30.3 Å². The summed E-state index contributed by atoms with van der Waals surface area (Å²) in [7, 11) is 0. The smallest absolute Gasteiger partial charge is 0.250 e. The molecule has 3 aromatic rings. The van der Waals surface area contributed by atoms with E-state index >= 15 is 0 Å². The van der Waals surface area contributed by atoms with Crippen molar-refractivity contribution in [1.82, 2.24) is 15.2 Å². The molecule has 5 rings (SSSR count). The van der Waals surface area contributed by atoms with Crippen molar-refractivity contribution in [2.75, 3.05) is 18.0 Å². The third-order valence-corrected chi connectivity index (χ3v) is 6.39. The standard InChI is InChI=1S/C21H20ClN5O2/c22-16-10-14(17(23)28)12-24-18(16)27-8-6-21(7-9-27)11-15(21)20-26-25-19(29-20)13-4-2-1-3-5-13/h1-5,10,12,15H,6-9,11H2,(H2,23,28)/t15-/m1/s1. The highest BCUT2D eigenvalue weighted by Crippen LogP contribution is 2.64. The van der Waals surface area contributed by atoms with Crippen LogP contribution in [0.3, 0.4) is 0 Å². The van der Waals surface area contributed by atoms with Crippen LogP contribution < -0.4 is 10.6 Å². The Kier molecular flexibility index (Phi) is 4.28. The SMILES string of the molecule is NC(=O)c1cnc(N2CCC3(CC2)C[C@@H]3c2nnc(-c3ccccc3)o2)c(Cl)c1. The van der Waals surface area contributed by atoms with E-state index in [9.17, 15) is 4.79 Å². The summed E-state index contributed by atoms with van der Waals surface area (Å²) in [6.45, 7) is 1.69. The van der Waals surface area contributed by atoms with E-state index < -0.39 is 5.91 Å². The van der Waals surface area contributed by atoms with Gasteiger partial charge < -0.3 is 15.1 Å². The molecule has 2 fully saturated rings. The van der Waals surface area contributed by atoms with Gasteiger partial charge in [-0.05, 0) is 42.9 Å². The van der Waals surface area contributed by atoms with E-state index in [0.29, 0.717) is 28.2 Å². The van der Waals surface area contributed by atoms with Crippen molar-refractivity contribution in [1.29, 1.82) is 0 Å². The quantitative estimate of drug-likeness (QED) is 0.706. The molecule has 1 spiro atoms. The third kappa shape index (κ3) is 3.25. The number of nitrogens with two attached hydrogens (primary N) is 1. The molecule has 0 bridgehead atoms. The van der Waals surface area contributed by atoms with Gasteiger partial charge in [0.25, 0.3) is 0 Å². The molecule has 1 aliphatic heterocycles. The number of benzene rings is 1. The molecule has 7 nitrogen and oxygen atoms in total. The number of carbonyl (C=O) groups excluding carboxylic acids is 1. The van der Waals surface area contributed by atoms with Gasteiger partial charge in [0.2, 0.25) is 17.7 Å². The Hall–Kier alpha value is -2.93. The minimum atomic E-state index is -0.529. The molecular formula is C21H20ClN5O2. The van der Waals surface area contributed by atoms with Crippen LogP contribution in [-0.2, 0) is 0 Å². The van der Waals surface area contributed by atoms with E-state index in [0.717, 1.165) is 43.8 Å². The number of primary amides is 1. The van der Waals surface area contributed by atoms with Gasteiger partial charge in [-0.3, -0.25) is 4.79 Å². The predicted molar refractivity (Wildman–Crippen MR) is 109 cm³/mol. The molecule has 1 saturated heterocycles. The maximum absolute atomic E-state index is 11.3. The van der Waals surface area contributed by atoms with Gasteiger partial charge in [0.1, 0.15) is 5.82 Å². The van der Waals surface area contributed by atoms with Crippen LogP contribution in [-0.4, -0.2) is 34.2 Å². The molecule has 29 heavy (non-hydrogen) atoms. The summed E-state index contributed by atoms with van der Waals surface area (Å²) < 4.78 is 5.97. The van der Waals surface area contributed by atoms with Crippen LogP contribution in [0.25, 0.3) is 11.5 Å². The van der Waals surface area contributed by atoms with Gasteiger partial charge in [-0.15, -0.1) is 10.2 Å². The van der Waals surface area contributed by atoms with Gasteiger partial charge in [0, 0.05) is 30.8 Å². The second-order valence-electron chi connectivity index (χ2n) is 7.81. The maximum Gasteiger partial charge on any atom is 0.250 e. The first-order valence-corrected chi connectivity index (χ1v) is 10.0. The van der Waals surface area contributed by atoms with E-state index in [4.69, 9.17) is 21.8 Å². The molecule has 1 aliphatic carbocycles. The summed E-state index contributed by atoms with van der Waals surface area (Å²) in [6.07, 6.45) is 4.57. The van der Waals surface area contributed by atoms with Crippen LogP contribution in [0.1, 0.15) is 41.4 Å². The van der Waals surface area contributed by atoms with Crippen LogP contribution in [0.2, 0.25) is 5.02 Å². The number of carbonyl (C=O) groups is 1. The minimum absolute atomic E-state index is 0.219. The number of anilines is 1. The number of piperidine rings is 1. The number of amides is 1. The zero-order chi connectivity index (χ0) is 20.0. The largest absolute Gasteiger partial charge is 0.420 e. The van der Waals surface area contributed by atoms with Crippen LogP contribution in [0, 0.1) is 5.41 Å². The maximum atomic E-state index is 11.3. The lowest BCUT2D eigenvalue weighted by atomic mass is 9.90. The Labute approximate surface area is 172 Å². The first kappa shape index (κ1) is 18.1. The topological polar surface area (TPSA) is 98.1 Å². The van der Waals surface area contributed by atoms with Gasteiger partial charge in [0.05, 0.1) is 10.6 Å². The predicted octanol–water partition coefficient (Wildman–Crippen LogP) is 3.66. The highest BCUT2D eigenvalue weighted by molar-refractivity contribution is 6.33. The zero-order valence-electron chi connectivity index (χ0n) is 15.7. The number of aromatic nitrogens is 3. The average Bonchev–Trinajstić information content (AvgIpc) is 3.20. The third-order valence-electron chi connectivity index (χ3n) is 6.11. The number of pyridine rings is 1. The number of halogens is 1. The van der Waals surface area contributed by atoms with Gasteiger partial charge >= 0.3 is 0 Å². The molecule has 1 saturated carbocycles. The van der Waals surface area contributed by atoms with Crippen molar-refractivity contribution in [2.24, 2.45) is 11.1 Å². The Morgan fingerprint density at radius 1 is 1.21 bits per heavy atom. The van der Waals surface area contributed by atoms with Gasteiger partial charge in [-0.2, -0.15) is 0 Å². The highest BCUT2D eigenvalue weighted by atomic mass is 35.5. The fraction of sp³-hybridized carbons (Fsp3) is 0.333. The Balaban J connectivity index is 1.26. The average molecular weight is 410 g/mol. The number of hydrogen-bond acceptors (Lipinski definition) is 6. The van der Waals surface area contributed by atoms with Crippen LogP contribution in [0.15, 0.2) is 47.0 Å². The Morgan fingerprint density at radius 3 is 2.66 bits per heavy atom. The lowest BCUT2D eigenvalue weighted by Crippen LogP contribution is -2.35. The second kappa shape index (κ2) is 6.84. The highest BCUT2D eigenvalue weighted by Gasteiger charge is 2.58. The van der Waals surface area contributed by atoms with Crippen molar-refractivity contribution < 1.29 is 9.21 Å². The summed E-state index contributed by atoms with van der Waals surface area (Å²) in [6, 6.07) is 11.4. The van der Waals surface area contributed by atoms with Crippen molar-refractivity contribution in [3.05, 3.63) is 59.1 Å². The molecule has 1 amide bonds. The van der Waals surface area contributed by atoms with E-state index in [1.165, 1.54) is 6.20 Å². The Bertz CT molecular complexity index is 1060. The lowest BCUT2D eigenvalue weighted by molar-refractivity contribution is 0.1000. The summed E-state index contributed by atoms with van der Waals surface area (Å²) in [5, 5.41) is 9.00. The number of nitrogens with zero attached hydrogens (tertiary/aromatic N) is 4. The summed E-state index contributed by atoms with van der Waals surface area (Å²) in [5.74, 6) is 1.80. The first-order valence-electron chi connectivity index (χ1n) is 9.65. The summed E-state index contributed by atoms with van der Waals surface area (Å²) >= 11 is 6.33. The molecule has 2 aromatic heterocycles. The van der Waals surface area contributed by atoms with Gasteiger partial charge in [0.15, 0.2) is 0 Å². The van der Waals surface area contributed by atoms with Crippen LogP contribution in [0.4, 0.5) is 5.82 Å². The monoisotopic (exact) mass is 409 g/mol. The van der Waals surface area contributed by atoms with Gasteiger partial charge in [-0.25, -0.2) is 4.98 Å². The zero-order valence-corrected chi connectivity index (χ0v) is 16.5. The van der Waals surface area contributed by atoms with Crippen molar-refractivity contribution >= 4 is 23.3 Å². The van der Waals surface area contributed by atoms with Crippen molar-refractivity contribution in [3.63, 3.8) is 0 Å². The molecule has 2 aliphatic rings. The van der Waals surface area contributed by atoms with E-state index in [-0.39, 0.29) is 5.41 Å². The molecule has 0 unspecified atom stereocenters. The fourth-order valence-electron chi connectivity index (χ4n) is 4.28. The summed E-state index contributed by atoms with van der Waals surface area (Å²) in [4.78, 5) is 17.8. The molecule has 0 radical (unpaired) electrons. The molecule has 148 valence electrons. The van der Waals surface area contributed by atoms with E-state index in [2.05, 4.69) is 20.1 Å².